The SMILES string of the molecule is O=C(c1ccccc1)N1CCC(c2nnc(-c3ccco3)s2)CC1. The molecule has 5 nitrogen and oxygen atoms in total. The van der Waals surface area contributed by atoms with Gasteiger partial charge in [0.25, 0.3) is 5.91 Å². The maximum atomic E-state index is 12.5. The molecular weight excluding hydrogens is 322 g/mol. The molecule has 0 unspecified atom stereocenters. The normalized spacial score (nSPS) is 15.6. The molecule has 0 bridgehead atoms. The van der Waals surface area contributed by atoms with Gasteiger partial charge in [0.1, 0.15) is 5.01 Å². The van der Waals surface area contributed by atoms with Gasteiger partial charge in [0, 0.05) is 24.6 Å². The highest BCUT2D eigenvalue weighted by Crippen LogP contribution is 2.33. The maximum Gasteiger partial charge on any atom is 0.253 e. The minimum atomic E-state index is 0.114. The van der Waals surface area contributed by atoms with Crippen LogP contribution in [0.2, 0.25) is 0 Å². The molecule has 3 heterocycles. The van der Waals surface area contributed by atoms with Gasteiger partial charge < -0.3 is 9.32 Å². The predicted molar refractivity (Wildman–Crippen MR) is 91.9 cm³/mol. The van der Waals surface area contributed by atoms with Gasteiger partial charge >= 0.3 is 0 Å². The first-order valence-electron chi connectivity index (χ1n) is 8.03. The number of amides is 1. The summed E-state index contributed by atoms with van der Waals surface area (Å²) < 4.78 is 5.37. The van der Waals surface area contributed by atoms with E-state index in [1.54, 1.807) is 17.6 Å². The number of nitrogens with zero attached hydrogens (tertiary/aromatic N) is 3. The molecule has 1 aliphatic rings. The van der Waals surface area contributed by atoms with Crippen molar-refractivity contribution in [2.75, 3.05) is 13.1 Å². The Labute approximate surface area is 143 Å². The molecule has 0 radical (unpaired) electrons. The monoisotopic (exact) mass is 339 g/mol. The number of piperidine rings is 1. The van der Waals surface area contributed by atoms with Crippen LogP contribution in [-0.4, -0.2) is 34.1 Å². The van der Waals surface area contributed by atoms with Gasteiger partial charge in [-0.2, -0.15) is 0 Å². The third-order valence-electron chi connectivity index (χ3n) is 4.32. The number of rotatable bonds is 3. The number of carbonyl (C=O) groups excluding carboxylic acids is 1. The number of carbonyl (C=O) groups is 1. The summed E-state index contributed by atoms with van der Waals surface area (Å²) in [4.78, 5) is 14.4. The van der Waals surface area contributed by atoms with Crippen LogP contribution < -0.4 is 0 Å². The van der Waals surface area contributed by atoms with E-state index >= 15 is 0 Å². The van der Waals surface area contributed by atoms with Gasteiger partial charge in [0.2, 0.25) is 0 Å². The van der Waals surface area contributed by atoms with Gasteiger partial charge in [-0.05, 0) is 37.1 Å². The van der Waals surface area contributed by atoms with Crippen LogP contribution in [0, 0.1) is 0 Å². The third-order valence-corrected chi connectivity index (χ3v) is 5.43. The maximum absolute atomic E-state index is 12.5. The van der Waals surface area contributed by atoms with Gasteiger partial charge in [-0.3, -0.25) is 4.79 Å². The lowest BCUT2D eigenvalue weighted by atomic mass is 9.97. The van der Waals surface area contributed by atoms with E-state index in [9.17, 15) is 4.79 Å². The van der Waals surface area contributed by atoms with E-state index in [1.807, 2.05) is 47.4 Å². The second kappa shape index (κ2) is 6.57. The fourth-order valence-electron chi connectivity index (χ4n) is 2.99. The highest BCUT2D eigenvalue weighted by atomic mass is 32.1. The zero-order valence-electron chi connectivity index (χ0n) is 13.1. The predicted octanol–water partition coefficient (Wildman–Crippen LogP) is 3.82. The Kier molecular flexibility index (Phi) is 4.13. The molecule has 0 saturated carbocycles. The largest absolute Gasteiger partial charge is 0.462 e. The molecule has 0 atom stereocenters. The number of likely N-dealkylation sites (tertiary alicyclic amines) is 1. The summed E-state index contributed by atoms with van der Waals surface area (Å²) in [6.07, 6.45) is 3.49. The van der Waals surface area contributed by atoms with Gasteiger partial charge in [0.05, 0.1) is 6.26 Å². The number of benzene rings is 1. The van der Waals surface area contributed by atoms with Crippen molar-refractivity contribution >= 4 is 17.2 Å². The summed E-state index contributed by atoms with van der Waals surface area (Å²) in [5.74, 6) is 1.24. The van der Waals surface area contributed by atoms with E-state index in [-0.39, 0.29) is 5.91 Å². The van der Waals surface area contributed by atoms with Crippen molar-refractivity contribution < 1.29 is 9.21 Å². The first kappa shape index (κ1) is 15.1. The fourth-order valence-corrected chi connectivity index (χ4v) is 3.97. The zero-order chi connectivity index (χ0) is 16.4. The van der Waals surface area contributed by atoms with Crippen molar-refractivity contribution in [1.82, 2.24) is 15.1 Å². The molecule has 6 heteroatoms. The first-order valence-corrected chi connectivity index (χ1v) is 8.84. The smallest absolute Gasteiger partial charge is 0.253 e. The molecule has 1 aromatic carbocycles. The topological polar surface area (TPSA) is 59.2 Å². The van der Waals surface area contributed by atoms with Crippen LogP contribution in [0.3, 0.4) is 0 Å². The van der Waals surface area contributed by atoms with Crippen LogP contribution in [0.1, 0.15) is 34.1 Å². The molecule has 3 aromatic rings. The summed E-state index contributed by atoms with van der Waals surface area (Å²) in [6.45, 7) is 1.52. The zero-order valence-corrected chi connectivity index (χ0v) is 13.9. The molecule has 0 aliphatic carbocycles. The number of hydrogen-bond acceptors (Lipinski definition) is 5. The number of hydrogen-bond donors (Lipinski definition) is 0. The minimum absolute atomic E-state index is 0.114. The van der Waals surface area contributed by atoms with Crippen molar-refractivity contribution in [2.24, 2.45) is 0 Å². The lowest BCUT2D eigenvalue weighted by molar-refractivity contribution is 0.0713. The molecule has 4 rings (SSSR count). The van der Waals surface area contributed by atoms with Crippen LogP contribution in [0.5, 0.6) is 0 Å². The van der Waals surface area contributed by atoms with E-state index in [2.05, 4.69) is 10.2 Å². The van der Waals surface area contributed by atoms with Crippen molar-refractivity contribution in [3.05, 3.63) is 59.3 Å². The molecule has 0 N–H and O–H groups in total. The molecule has 1 saturated heterocycles. The molecule has 1 aliphatic heterocycles. The minimum Gasteiger partial charge on any atom is -0.462 e. The highest BCUT2D eigenvalue weighted by molar-refractivity contribution is 7.14. The quantitative estimate of drug-likeness (QED) is 0.728. The summed E-state index contributed by atoms with van der Waals surface area (Å²) in [7, 11) is 0. The standard InChI is InChI=1S/C18H17N3O2S/c22-18(14-5-2-1-3-6-14)21-10-8-13(9-11-21)16-19-20-17(24-16)15-7-4-12-23-15/h1-7,12-13H,8-11H2. The summed E-state index contributed by atoms with van der Waals surface area (Å²) in [5.41, 5.74) is 0.756. The average molecular weight is 339 g/mol. The number of furan rings is 1. The first-order chi connectivity index (χ1) is 11.8. The van der Waals surface area contributed by atoms with Crippen molar-refractivity contribution in [3.63, 3.8) is 0 Å². The Balaban J connectivity index is 1.40. The molecule has 122 valence electrons. The second-order valence-corrected chi connectivity index (χ2v) is 6.86. The van der Waals surface area contributed by atoms with Gasteiger partial charge in [-0.25, -0.2) is 0 Å². The summed E-state index contributed by atoms with van der Waals surface area (Å²) >= 11 is 1.58. The van der Waals surface area contributed by atoms with Crippen LogP contribution >= 0.6 is 11.3 Å². The van der Waals surface area contributed by atoms with E-state index in [4.69, 9.17) is 4.42 Å². The lowest BCUT2D eigenvalue weighted by Crippen LogP contribution is -2.37. The molecule has 2 aromatic heterocycles. The highest BCUT2D eigenvalue weighted by Gasteiger charge is 2.27. The Bertz CT molecular complexity index is 806. The Morgan fingerprint density at radius 1 is 1.08 bits per heavy atom. The Hall–Kier alpha value is -2.47. The number of aromatic nitrogens is 2. The average Bonchev–Trinajstić information content (AvgIpc) is 3.33. The second-order valence-electron chi connectivity index (χ2n) is 5.86. The molecule has 0 spiro atoms. The van der Waals surface area contributed by atoms with Crippen LogP contribution in [0.15, 0.2) is 53.1 Å². The fraction of sp³-hybridized carbons (Fsp3) is 0.278. The third kappa shape index (κ3) is 2.97. The van der Waals surface area contributed by atoms with Crippen molar-refractivity contribution in [3.8, 4) is 10.8 Å². The van der Waals surface area contributed by atoms with E-state index in [1.165, 1.54) is 0 Å². The van der Waals surface area contributed by atoms with Crippen LogP contribution in [-0.2, 0) is 0 Å². The molecule has 1 amide bonds. The van der Waals surface area contributed by atoms with E-state index in [0.717, 1.165) is 47.3 Å². The molecule has 24 heavy (non-hydrogen) atoms. The van der Waals surface area contributed by atoms with E-state index in [0.29, 0.717) is 5.92 Å². The van der Waals surface area contributed by atoms with Gasteiger partial charge in [-0.15, -0.1) is 10.2 Å². The van der Waals surface area contributed by atoms with Gasteiger partial charge in [-0.1, -0.05) is 29.5 Å². The van der Waals surface area contributed by atoms with Gasteiger partial charge in [0.15, 0.2) is 10.8 Å². The van der Waals surface area contributed by atoms with Crippen molar-refractivity contribution in [2.45, 2.75) is 18.8 Å². The van der Waals surface area contributed by atoms with Crippen LogP contribution in [0.25, 0.3) is 10.8 Å². The Morgan fingerprint density at radius 3 is 2.58 bits per heavy atom. The Morgan fingerprint density at radius 2 is 1.88 bits per heavy atom. The molecular formula is C18H17N3O2S. The molecule has 1 fully saturated rings. The lowest BCUT2D eigenvalue weighted by Gasteiger charge is -2.31. The van der Waals surface area contributed by atoms with Crippen LogP contribution in [0.4, 0.5) is 0 Å². The summed E-state index contributed by atoms with van der Waals surface area (Å²) in [5, 5.41) is 10.4. The van der Waals surface area contributed by atoms with Crippen molar-refractivity contribution in [1.29, 1.82) is 0 Å². The summed E-state index contributed by atoms with van der Waals surface area (Å²) in [6, 6.07) is 13.2. The van der Waals surface area contributed by atoms with E-state index < -0.39 is 0 Å².